The number of carbonyl (C=O) groups is 2. The fourth-order valence-electron chi connectivity index (χ4n) is 10.1. The van der Waals surface area contributed by atoms with Gasteiger partial charge < -0.3 is 23.8 Å². The summed E-state index contributed by atoms with van der Waals surface area (Å²) in [6.45, 7) is 6.70. The fraction of sp³-hybridized carbons (Fsp3) is 0.585. The van der Waals surface area contributed by atoms with Crippen molar-refractivity contribution in [1.82, 2.24) is 14.5 Å². The Bertz CT molecular complexity index is 2100. The first-order valence-corrected chi connectivity index (χ1v) is 21.6. The standard InChI is InChI=1S/C41H52ClN5O7S/c1-24-20-53-37-25(2)21-55(50,45-39(49)32-19-46(3)43-40(32)52-5)44-38(48)27-9-13-35-34(16-27)47(18-28-8-11-30(28)36(51-4)17-31(24)37)22-41(23-54-35)14-6-7-26-15-29(42)10-12-33(26)41/h9-10,12-13,15-16,19,24-25,28,30-31,36-37H,6-8,11,14,17-18,20-23H2,1-5H3,(H,44,45,48,49,50)/t24-,25-,28+,30-,31+,36+,37-,41+,55+/m1/s1. The van der Waals surface area contributed by atoms with E-state index in [-0.39, 0.29) is 58.1 Å². The Hall–Kier alpha value is -3.65. The molecule has 0 radical (unpaired) electrons. The molecule has 1 N–H and O–H groups in total. The highest BCUT2D eigenvalue weighted by atomic mass is 35.5. The predicted octanol–water partition coefficient (Wildman–Crippen LogP) is 6.24. The number of nitrogens with one attached hydrogen (secondary N) is 1. The van der Waals surface area contributed by atoms with Gasteiger partial charge in [-0.25, -0.2) is 4.21 Å². The molecule has 2 aliphatic carbocycles. The van der Waals surface area contributed by atoms with Gasteiger partial charge in [-0.2, -0.15) is 0 Å². The van der Waals surface area contributed by atoms with Gasteiger partial charge in [0.25, 0.3) is 11.8 Å². The van der Waals surface area contributed by atoms with Crippen LogP contribution in [0.1, 0.15) is 77.8 Å². The molecule has 1 saturated heterocycles. The van der Waals surface area contributed by atoms with Crippen molar-refractivity contribution in [2.24, 2.45) is 41.0 Å². The number of aromatic nitrogens is 2. The molecular formula is C41H52ClN5O7S. The minimum absolute atomic E-state index is 0.0180. The first-order valence-electron chi connectivity index (χ1n) is 19.5. The van der Waals surface area contributed by atoms with Crippen LogP contribution < -0.4 is 19.1 Å². The molecule has 3 aliphatic heterocycles. The number of fused-ring (bicyclic) bond motifs is 5. The lowest BCUT2D eigenvalue weighted by Crippen LogP contribution is -2.50. The summed E-state index contributed by atoms with van der Waals surface area (Å²) in [5, 5.41) is 4.92. The van der Waals surface area contributed by atoms with E-state index >= 15 is 4.21 Å². The molecule has 4 heterocycles. The Labute approximate surface area is 328 Å². The summed E-state index contributed by atoms with van der Waals surface area (Å²) in [5.41, 5.74) is 3.42. The van der Waals surface area contributed by atoms with Crippen molar-refractivity contribution in [3.8, 4) is 11.6 Å². The van der Waals surface area contributed by atoms with Crippen LogP contribution in [-0.4, -0.2) is 84.3 Å². The predicted molar refractivity (Wildman–Crippen MR) is 210 cm³/mol. The van der Waals surface area contributed by atoms with Gasteiger partial charge in [-0.1, -0.05) is 31.5 Å². The molecule has 12 nitrogen and oxygen atoms in total. The van der Waals surface area contributed by atoms with Crippen molar-refractivity contribution in [3.63, 3.8) is 0 Å². The lowest BCUT2D eigenvalue weighted by molar-refractivity contribution is -0.0419. The van der Waals surface area contributed by atoms with E-state index in [2.05, 4.69) is 38.1 Å². The molecule has 5 aliphatic rings. The summed E-state index contributed by atoms with van der Waals surface area (Å²) in [6.07, 6.45) is 7.16. The molecular weight excluding hydrogens is 742 g/mol. The molecule has 2 bridgehead atoms. The molecule has 2 amide bonds. The molecule has 55 heavy (non-hydrogen) atoms. The van der Waals surface area contributed by atoms with Gasteiger partial charge in [0.05, 0.1) is 37.4 Å². The normalized spacial score (nSPS) is 33.2. The van der Waals surface area contributed by atoms with Gasteiger partial charge in [0.2, 0.25) is 5.88 Å². The van der Waals surface area contributed by atoms with Crippen LogP contribution in [0.4, 0.5) is 5.69 Å². The number of benzene rings is 2. The Morgan fingerprint density at radius 2 is 1.95 bits per heavy atom. The van der Waals surface area contributed by atoms with E-state index in [1.54, 1.807) is 13.1 Å². The van der Waals surface area contributed by atoms with Crippen LogP contribution in [0.25, 0.3) is 0 Å². The summed E-state index contributed by atoms with van der Waals surface area (Å²) >= 11 is 6.49. The number of methoxy groups -OCH3 is 2. The van der Waals surface area contributed by atoms with Gasteiger partial charge in [0.15, 0.2) is 0 Å². The van der Waals surface area contributed by atoms with E-state index in [0.717, 1.165) is 55.8 Å². The Balaban J connectivity index is 1.23. The van der Waals surface area contributed by atoms with E-state index in [1.807, 2.05) is 32.2 Å². The third kappa shape index (κ3) is 7.26. The monoisotopic (exact) mass is 793 g/mol. The number of rotatable bonds is 4. The van der Waals surface area contributed by atoms with Gasteiger partial charge in [0.1, 0.15) is 21.2 Å². The van der Waals surface area contributed by atoms with Crippen molar-refractivity contribution in [2.75, 3.05) is 51.2 Å². The van der Waals surface area contributed by atoms with Gasteiger partial charge in [0, 0.05) is 56.1 Å². The lowest BCUT2D eigenvalue weighted by atomic mass is 9.67. The second-order valence-electron chi connectivity index (χ2n) is 16.6. The summed E-state index contributed by atoms with van der Waals surface area (Å²) in [7, 11) is 1.19. The van der Waals surface area contributed by atoms with Crippen LogP contribution in [0.15, 0.2) is 47.0 Å². The third-order valence-corrected chi connectivity index (χ3v) is 15.1. The van der Waals surface area contributed by atoms with Crippen LogP contribution >= 0.6 is 11.6 Å². The van der Waals surface area contributed by atoms with E-state index < -0.39 is 21.7 Å². The highest BCUT2D eigenvalue weighted by molar-refractivity contribution is 7.92. The maximum Gasteiger partial charge on any atom is 0.286 e. The van der Waals surface area contributed by atoms with Gasteiger partial charge >= 0.3 is 0 Å². The molecule has 2 aromatic carbocycles. The minimum Gasteiger partial charge on any atom is -0.490 e. The fourth-order valence-corrected chi connectivity index (χ4v) is 12.1. The first-order chi connectivity index (χ1) is 26.4. The molecule has 8 rings (SSSR count). The summed E-state index contributed by atoms with van der Waals surface area (Å²) in [5.74, 6) is 0.109. The van der Waals surface area contributed by atoms with Crippen LogP contribution in [-0.2, 0) is 38.3 Å². The average Bonchev–Trinajstić information content (AvgIpc) is 3.67. The van der Waals surface area contributed by atoms with Crippen molar-refractivity contribution in [2.45, 2.75) is 70.0 Å². The summed E-state index contributed by atoms with van der Waals surface area (Å²) in [6, 6.07) is 11.6. The van der Waals surface area contributed by atoms with Gasteiger partial charge in [-0.15, -0.1) is 9.46 Å². The van der Waals surface area contributed by atoms with Crippen molar-refractivity contribution >= 4 is 39.0 Å². The van der Waals surface area contributed by atoms with E-state index in [9.17, 15) is 9.59 Å². The molecule has 296 valence electrons. The molecule has 1 saturated carbocycles. The Morgan fingerprint density at radius 1 is 1.11 bits per heavy atom. The average molecular weight is 794 g/mol. The van der Waals surface area contributed by atoms with Crippen molar-refractivity contribution < 1.29 is 32.7 Å². The Kier molecular flexibility index (Phi) is 10.4. The molecule has 14 heteroatoms. The van der Waals surface area contributed by atoms with Crippen LogP contribution in [0, 0.1) is 29.6 Å². The van der Waals surface area contributed by atoms with E-state index in [1.165, 1.54) is 29.1 Å². The number of anilines is 1. The van der Waals surface area contributed by atoms with E-state index in [0.29, 0.717) is 37.3 Å². The molecule has 9 atom stereocenters. The third-order valence-electron chi connectivity index (χ3n) is 13.0. The zero-order valence-electron chi connectivity index (χ0n) is 32.3. The van der Waals surface area contributed by atoms with Crippen LogP contribution in [0.3, 0.4) is 0 Å². The van der Waals surface area contributed by atoms with Crippen molar-refractivity contribution in [1.29, 1.82) is 0 Å². The number of hydrogen-bond donors (Lipinski definition) is 1. The maximum absolute atomic E-state index is 15.0. The van der Waals surface area contributed by atoms with Crippen LogP contribution in [0.2, 0.25) is 5.02 Å². The number of aryl methyl sites for hydroxylation is 2. The number of amides is 2. The minimum atomic E-state index is -3.70. The number of nitrogens with zero attached hydrogens (tertiary/aromatic N) is 4. The number of halogens is 1. The number of ether oxygens (including phenoxy) is 4. The Morgan fingerprint density at radius 3 is 2.71 bits per heavy atom. The first kappa shape index (κ1) is 38.2. The topological polar surface area (TPSA) is 134 Å². The second-order valence-corrected chi connectivity index (χ2v) is 19.0. The maximum atomic E-state index is 15.0. The van der Waals surface area contributed by atoms with Crippen LogP contribution in [0.5, 0.6) is 11.6 Å². The summed E-state index contributed by atoms with van der Waals surface area (Å²) in [4.78, 5) is 30.4. The SMILES string of the molecule is COc1nn(C)cc1C(=O)N[S@@]1(=O)=NC(=O)c2ccc3c(c2)N(C[C@@H]2CC[C@H]2[C@@H](OC)C[C@@H]2[C@H](OC[C@H]2C)[C@H](C)C1)C[C@@]1(CCCc2cc(Cl)ccc21)CO3. The zero-order chi connectivity index (χ0) is 38.6. The second kappa shape index (κ2) is 15.0. The molecule has 0 unspecified atom stereocenters. The van der Waals surface area contributed by atoms with Gasteiger partial charge in [-0.3, -0.25) is 19.0 Å². The smallest absolute Gasteiger partial charge is 0.286 e. The quantitative estimate of drug-likeness (QED) is 0.326. The zero-order valence-corrected chi connectivity index (χ0v) is 33.9. The molecule has 3 aromatic rings. The lowest BCUT2D eigenvalue weighted by Gasteiger charge is -2.47. The van der Waals surface area contributed by atoms with Crippen molar-refractivity contribution in [3.05, 3.63) is 69.9 Å². The molecule has 1 spiro atoms. The highest BCUT2D eigenvalue weighted by Gasteiger charge is 2.47. The number of carbonyl (C=O) groups excluding carboxylic acids is 2. The molecule has 2 fully saturated rings. The van der Waals surface area contributed by atoms with E-state index in [4.69, 9.17) is 30.5 Å². The number of hydrogen-bond acceptors (Lipinski definition) is 9. The van der Waals surface area contributed by atoms with Gasteiger partial charge in [-0.05, 0) is 110 Å². The summed E-state index contributed by atoms with van der Waals surface area (Å²) < 4.78 is 48.3. The molecule has 1 aromatic heterocycles. The highest BCUT2D eigenvalue weighted by Crippen LogP contribution is 2.48. The largest absolute Gasteiger partial charge is 0.490 e.